The third-order valence-corrected chi connectivity index (χ3v) is 3.13. The first kappa shape index (κ1) is 10.4. The highest BCUT2D eigenvalue weighted by Crippen LogP contribution is 2.29. The Labute approximate surface area is 85.1 Å². The molecule has 0 aliphatic carbocycles. The Balaban J connectivity index is 2.61. The van der Waals surface area contributed by atoms with Crippen molar-refractivity contribution < 1.29 is 0 Å². The second-order valence-electron chi connectivity index (χ2n) is 2.79. The molecule has 69 valence electrons. The molecule has 0 saturated carbocycles. The van der Waals surface area contributed by atoms with E-state index in [2.05, 4.69) is 37.8 Å². The summed E-state index contributed by atoms with van der Waals surface area (Å²) in [5.74, 6) is 1.09. The highest BCUT2D eigenvalue weighted by Gasteiger charge is 2.05. The van der Waals surface area contributed by atoms with Gasteiger partial charge in [0.15, 0.2) is 0 Å². The molecule has 0 saturated heterocycles. The lowest BCUT2D eigenvalue weighted by Gasteiger charge is -2.11. The standard InChI is InChI=1S/C12H15S/c1-3-10-13-12(4-2)11-8-6-5-7-9-11/h4-9,12H,1-3,10H2. The maximum absolute atomic E-state index is 3.85. The van der Waals surface area contributed by atoms with Crippen molar-refractivity contribution in [2.24, 2.45) is 0 Å². The molecule has 0 aliphatic heterocycles. The molecular weight excluding hydrogens is 176 g/mol. The van der Waals surface area contributed by atoms with Crippen molar-refractivity contribution in [3.05, 3.63) is 55.5 Å². The van der Waals surface area contributed by atoms with Crippen molar-refractivity contribution in [1.29, 1.82) is 0 Å². The van der Waals surface area contributed by atoms with E-state index in [4.69, 9.17) is 0 Å². The van der Waals surface area contributed by atoms with Crippen LogP contribution in [0.3, 0.4) is 0 Å². The Hall–Kier alpha value is -0.690. The molecule has 1 rings (SSSR count). The van der Waals surface area contributed by atoms with Gasteiger partial charge in [-0.3, -0.25) is 0 Å². The van der Waals surface area contributed by atoms with Crippen molar-refractivity contribution in [2.45, 2.75) is 11.7 Å². The number of benzene rings is 1. The second kappa shape index (κ2) is 5.87. The predicted molar refractivity (Wildman–Crippen MR) is 61.8 cm³/mol. The molecule has 1 aromatic carbocycles. The van der Waals surface area contributed by atoms with E-state index in [1.165, 1.54) is 5.56 Å². The summed E-state index contributed by atoms with van der Waals surface area (Å²) in [5.41, 5.74) is 1.33. The number of rotatable bonds is 5. The summed E-state index contributed by atoms with van der Waals surface area (Å²) in [7, 11) is 0. The summed E-state index contributed by atoms with van der Waals surface area (Å²) in [6.45, 7) is 7.68. The monoisotopic (exact) mass is 191 g/mol. The lowest BCUT2D eigenvalue weighted by Crippen LogP contribution is -1.90. The minimum atomic E-state index is 0.419. The van der Waals surface area contributed by atoms with Crippen molar-refractivity contribution in [2.75, 3.05) is 5.75 Å². The van der Waals surface area contributed by atoms with Gasteiger partial charge in [0.05, 0.1) is 0 Å². The predicted octanol–water partition coefficient (Wildman–Crippen LogP) is 3.87. The van der Waals surface area contributed by atoms with Crippen LogP contribution in [0, 0.1) is 6.92 Å². The van der Waals surface area contributed by atoms with E-state index in [0.717, 1.165) is 12.2 Å². The number of thioether (sulfide) groups is 1. The zero-order valence-electron chi connectivity index (χ0n) is 7.78. The first-order valence-electron chi connectivity index (χ1n) is 4.47. The van der Waals surface area contributed by atoms with E-state index in [1.807, 2.05) is 23.9 Å². The van der Waals surface area contributed by atoms with Crippen LogP contribution in [0.2, 0.25) is 0 Å². The Kier molecular flexibility index (Phi) is 4.69. The quantitative estimate of drug-likeness (QED) is 0.637. The summed E-state index contributed by atoms with van der Waals surface area (Å²) in [4.78, 5) is 0. The minimum absolute atomic E-state index is 0.419. The van der Waals surface area contributed by atoms with Crippen molar-refractivity contribution in [3.63, 3.8) is 0 Å². The topological polar surface area (TPSA) is 0 Å². The molecule has 0 heterocycles. The molecule has 1 heteroatoms. The van der Waals surface area contributed by atoms with E-state index in [0.29, 0.717) is 5.25 Å². The normalized spacial score (nSPS) is 12.4. The van der Waals surface area contributed by atoms with Crippen LogP contribution in [-0.2, 0) is 0 Å². The third kappa shape index (κ3) is 3.27. The molecule has 1 aromatic rings. The highest BCUT2D eigenvalue weighted by atomic mass is 32.2. The van der Waals surface area contributed by atoms with Gasteiger partial charge >= 0.3 is 0 Å². The Bertz CT molecular complexity index is 241. The van der Waals surface area contributed by atoms with Crippen molar-refractivity contribution >= 4 is 11.8 Å². The lowest BCUT2D eigenvalue weighted by atomic mass is 10.1. The van der Waals surface area contributed by atoms with Gasteiger partial charge in [-0.1, -0.05) is 43.3 Å². The minimum Gasteiger partial charge on any atom is -0.150 e. The first-order chi connectivity index (χ1) is 6.38. The Morgan fingerprint density at radius 3 is 2.54 bits per heavy atom. The number of hydrogen-bond acceptors (Lipinski definition) is 1. The van der Waals surface area contributed by atoms with Gasteiger partial charge in [0.25, 0.3) is 0 Å². The smallest absolute Gasteiger partial charge is 0.0474 e. The maximum atomic E-state index is 3.85. The van der Waals surface area contributed by atoms with E-state index in [9.17, 15) is 0 Å². The summed E-state index contributed by atoms with van der Waals surface area (Å²) >= 11 is 1.89. The van der Waals surface area contributed by atoms with Crippen LogP contribution in [0.25, 0.3) is 0 Å². The molecule has 0 aromatic heterocycles. The maximum Gasteiger partial charge on any atom is 0.0474 e. The lowest BCUT2D eigenvalue weighted by molar-refractivity contribution is 1.19. The molecule has 0 amide bonds. The van der Waals surface area contributed by atoms with Crippen LogP contribution in [-0.4, -0.2) is 5.75 Å². The van der Waals surface area contributed by atoms with Gasteiger partial charge < -0.3 is 0 Å². The largest absolute Gasteiger partial charge is 0.150 e. The Morgan fingerprint density at radius 2 is 2.00 bits per heavy atom. The average molecular weight is 191 g/mol. The fraction of sp³-hybridized carbons (Fsp3) is 0.250. The van der Waals surface area contributed by atoms with Gasteiger partial charge in [-0.2, -0.15) is 0 Å². The molecule has 0 nitrogen and oxygen atoms in total. The molecule has 0 N–H and O–H groups in total. The fourth-order valence-electron chi connectivity index (χ4n) is 1.15. The van der Waals surface area contributed by atoms with Crippen LogP contribution in [0.15, 0.2) is 43.0 Å². The highest BCUT2D eigenvalue weighted by molar-refractivity contribution is 7.99. The van der Waals surface area contributed by atoms with Crippen LogP contribution in [0.1, 0.15) is 17.2 Å². The van der Waals surface area contributed by atoms with Gasteiger partial charge in [-0.15, -0.1) is 18.3 Å². The van der Waals surface area contributed by atoms with E-state index in [1.54, 1.807) is 0 Å². The zero-order valence-corrected chi connectivity index (χ0v) is 8.59. The second-order valence-corrected chi connectivity index (χ2v) is 4.04. The van der Waals surface area contributed by atoms with Gasteiger partial charge in [-0.25, -0.2) is 0 Å². The van der Waals surface area contributed by atoms with Crippen molar-refractivity contribution in [3.8, 4) is 0 Å². The average Bonchev–Trinajstić information content (AvgIpc) is 2.21. The van der Waals surface area contributed by atoms with Crippen LogP contribution in [0.4, 0.5) is 0 Å². The van der Waals surface area contributed by atoms with Crippen LogP contribution >= 0.6 is 11.8 Å². The molecule has 0 spiro atoms. The molecule has 1 unspecified atom stereocenters. The molecule has 13 heavy (non-hydrogen) atoms. The summed E-state index contributed by atoms with van der Waals surface area (Å²) in [6, 6.07) is 10.5. The Morgan fingerprint density at radius 1 is 1.31 bits per heavy atom. The zero-order chi connectivity index (χ0) is 9.52. The molecule has 0 bridgehead atoms. The molecule has 0 aliphatic rings. The van der Waals surface area contributed by atoms with Crippen LogP contribution in [0.5, 0.6) is 0 Å². The van der Waals surface area contributed by atoms with Crippen molar-refractivity contribution in [1.82, 2.24) is 0 Å². The fourth-order valence-corrected chi connectivity index (χ4v) is 2.06. The summed E-state index contributed by atoms with van der Waals surface area (Å²) < 4.78 is 0. The van der Waals surface area contributed by atoms with Crippen LogP contribution < -0.4 is 0 Å². The first-order valence-corrected chi connectivity index (χ1v) is 5.51. The van der Waals surface area contributed by atoms with E-state index in [-0.39, 0.29) is 0 Å². The molecular formula is C12H15S. The summed E-state index contributed by atoms with van der Waals surface area (Å²) in [5, 5.41) is 0.419. The number of hydrogen-bond donors (Lipinski definition) is 0. The van der Waals surface area contributed by atoms with Gasteiger partial charge in [-0.05, 0) is 17.7 Å². The van der Waals surface area contributed by atoms with E-state index < -0.39 is 0 Å². The SMILES string of the molecule is [CH2]CCSC(C=C)c1ccccc1. The third-order valence-electron chi connectivity index (χ3n) is 1.78. The van der Waals surface area contributed by atoms with Gasteiger partial charge in [0, 0.05) is 5.25 Å². The van der Waals surface area contributed by atoms with E-state index >= 15 is 0 Å². The van der Waals surface area contributed by atoms with Gasteiger partial charge in [0.1, 0.15) is 0 Å². The molecule has 1 atom stereocenters. The summed E-state index contributed by atoms with van der Waals surface area (Å²) in [6.07, 6.45) is 2.97. The molecule has 1 radical (unpaired) electrons. The van der Waals surface area contributed by atoms with Gasteiger partial charge in [0.2, 0.25) is 0 Å². The molecule has 0 fully saturated rings.